The number of para-hydroxylation sites is 2. The van der Waals surface area contributed by atoms with Crippen molar-refractivity contribution in [1.29, 1.82) is 0 Å². The fourth-order valence-electron chi connectivity index (χ4n) is 6.92. The Bertz CT molecular complexity index is 2130. The molecule has 1 unspecified atom stereocenters. The second-order valence-corrected chi connectivity index (χ2v) is 13.8. The lowest BCUT2D eigenvalue weighted by molar-refractivity contribution is -0.136. The number of nitrogens with zero attached hydrogens (tertiary/aromatic N) is 3. The maximum atomic E-state index is 14.7. The largest absolute Gasteiger partial charge is 0.348 e. The molecule has 2 aliphatic heterocycles. The molecule has 5 aromatic rings. The number of carbonyl (C=O) groups excluding carboxylic acids is 4. The van der Waals surface area contributed by atoms with Crippen LogP contribution >= 0.6 is 11.3 Å². The number of fused-ring (bicyclic) bond motifs is 4. The predicted octanol–water partition coefficient (Wildman–Crippen LogP) is 6.06. The van der Waals surface area contributed by atoms with Crippen molar-refractivity contribution in [1.82, 2.24) is 19.8 Å². The predicted molar refractivity (Wildman–Crippen MR) is 174 cm³/mol. The van der Waals surface area contributed by atoms with E-state index in [0.717, 1.165) is 15.7 Å². The molecule has 0 saturated carbocycles. The van der Waals surface area contributed by atoms with Gasteiger partial charge in [0, 0.05) is 30.7 Å². The number of amides is 3. The molecule has 3 amide bonds. The molecule has 1 saturated heterocycles. The zero-order valence-corrected chi connectivity index (χ0v) is 27.0. The second kappa shape index (κ2) is 11.6. The Morgan fingerprint density at radius 3 is 2.54 bits per heavy atom. The number of anilines is 1. The van der Waals surface area contributed by atoms with Crippen LogP contribution in [-0.4, -0.2) is 68.9 Å². The summed E-state index contributed by atoms with van der Waals surface area (Å²) in [6, 6.07) is 13.7. The monoisotopic (exact) mass is 673 g/mol. The van der Waals surface area contributed by atoms with Crippen molar-refractivity contribution in [3.8, 4) is 0 Å². The van der Waals surface area contributed by atoms with Crippen LogP contribution in [0, 0.1) is 23.4 Å². The van der Waals surface area contributed by atoms with Crippen molar-refractivity contribution in [2.24, 2.45) is 5.92 Å². The molecule has 2 aliphatic rings. The summed E-state index contributed by atoms with van der Waals surface area (Å²) in [5, 5.41) is 2.78. The molecule has 4 heterocycles. The van der Waals surface area contributed by atoms with Crippen LogP contribution in [0.5, 0.6) is 0 Å². The molecule has 0 bridgehead atoms. The highest BCUT2D eigenvalue weighted by Gasteiger charge is 2.58. The Balaban J connectivity index is 1.28. The van der Waals surface area contributed by atoms with E-state index in [2.05, 4.69) is 15.3 Å². The van der Waals surface area contributed by atoms with Crippen LogP contribution in [-0.2, 0) is 15.0 Å². The first kappa shape index (κ1) is 31.6. The first-order valence-corrected chi connectivity index (χ1v) is 16.3. The maximum absolute atomic E-state index is 14.7. The molecule has 9 nitrogen and oxygen atoms in total. The highest BCUT2D eigenvalue weighted by atomic mass is 32.1. The fraction of sp³-hybridized carbons (Fsp3) is 0.286. The van der Waals surface area contributed by atoms with Gasteiger partial charge in [0.15, 0.2) is 16.6 Å². The van der Waals surface area contributed by atoms with Gasteiger partial charge in [-0.25, -0.2) is 18.2 Å². The summed E-state index contributed by atoms with van der Waals surface area (Å²) in [6.45, 7) is 3.62. The Morgan fingerprint density at radius 1 is 1.06 bits per heavy atom. The molecule has 7 rings (SSSR count). The van der Waals surface area contributed by atoms with Gasteiger partial charge in [-0.3, -0.25) is 19.2 Å². The molecule has 246 valence electrons. The molecule has 0 radical (unpaired) electrons. The van der Waals surface area contributed by atoms with Gasteiger partial charge in [-0.2, -0.15) is 0 Å². The highest BCUT2D eigenvalue weighted by molar-refractivity contribution is 7.20. The molecule has 0 aliphatic carbocycles. The summed E-state index contributed by atoms with van der Waals surface area (Å²) in [5.41, 5.74) is -0.0684. The number of hydrogen-bond donors (Lipinski definition) is 2. The standard InChI is InChI=1S/C35H30F3N5O4S/c1-17(2)12-25(42(3)32(45)24-13-18-20(36)14-21(37)28(38)29(18)39-24)33(46)43-16-35(19-8-4-5-9-22(19)41-34(35)47)15-26(43)30(44)31-40-23-10-6-7-11-27(23)48-31/h4-11,13-14,17,25-26,39H,12,15-16H2,1-3H3,(H,41,47)/t25-,26?,35-/m0/s1. The molecule has 1 fully saturated rings. The Morgan fingerprint density at radius 2 is 1.79 bits per heavy atom. The number of H-pyrrole nitrogens is 1. The maximum Gasteiger partial charge on any atom is 0.270 e. The van der Waals surface area contributed by atoms with Gasteiger partial charge in [-0.15, -0.1) is 11.3 Å². The number of ketones is 1. The van der Waals surface area contributed by atoms with Crippen LogP contribution in [0.4, 0.5) is 18.9 Å². The summed E-state index contributed by atoms with van der Waals surface area (Å²) in [4.78, 5) is 66.0. The quantitative estimate of drug-likeness (QED) is 0.161. The normalized spacial score (nSPS) is 19.4. The van der Waals surface area contributed by atoms with E-state index in [1.54, 1.807) is 30.3 Å². The number of likely N-dealkylation sites (tertiary alicyclic amines) is 1. The number of halogens is 3. The van der Waals surface area contributed by atoms with Crippen LogP contribution in [0.2, 0.25) is 0 Å². The first-order valence-electron chi connectivity index (χ1n) is 15.4. The van der Waals surface area contributed by atoms with E-state index in [-0.39, 0.29) is 47.3 Å². The van der Waals surface area contributed by atoms with Gasteiger partial charge >= 0.3 is 0 Å². The SMILES string of the molecule is CC(C)C[C@@H](C(=O)N1C[C@]2(CC1C(=O)c1nc3ccccc3s1)C(=O)Nc1ccccc12)N(C)C(=O)c1cc2c(F)cc(F)c(F)c2[nH]1. The minimum atomic E-state index is -1.41. The lowest BCUT2D eigenvalue weighted by Crippen LogP contribution is -2.53. The zero-order chi connectivity index (χ0) is 34.1. The van der Waals surface area contributed by atoms with Crippen molar-refractivity contribution < 1.29 is 32.3 Å². The number of Topliss-reactive ketones (excluding diaryl/α,β-unsaturated/α-hetero) is 1. The number of hydrogen-bond acceptors (Lipinski definition) is 6. The van der Waals surface area contributed by atoms with Crippen molar-refractivity contribution in [2.45, 2.75) is 44.2 Å². The topological polar surface area (TPSA) is 115 Å². The molecular weight excluding hydrogens is 643 g/mol. The molecule has 3 atom stereocenters. The summed E-state index contributed by atoms with van der Waals surface area (Å²) >= 11 is 1.20. The number of aromatic nitrogens is 2. The van der Waals surface area contributed by atoms with Crippen molar-refractivity contribution in [3.05, 3.63) is 94.4 Å². The number of benzene rings is 3. The van der Waals surface area contributed by atoms with E-state index in [4.69, 9.17) is 0 Å². The highest BCUT2D eigenvalue weighted by Crippen LogP contribution is 2.47. The average Bonchev–Trinajstić information content (AvgIpc) is 3.85. The van der Waals surface area contributed by atoms with Crippen LogP contribution in [0.15, 0.2) is 60.7 Å². The minimum Gasteiger partial charge on any atom is -0.348 e. The van der Waals surface area contributed by atoms with Crippen molar-refractivity contribution >= 4 is 61.6 Å². The molecular formula is C35H30F3N5O4S. The number of carbonyl (C=O) groups is 4. The lowest BCUT2D eigenvalue weighted by atomic mass is 9.79. The van der Waals surface area contributed by atoms with Crippen molar-refractivity contribution in [2.75, 3.05) is 18.9 Å². The second-order valence-electron chi connectivity index (χ2n) is 12.8. The van der Waals surface area contributed by atoms with Gasteiger partial charge in [0.05, 0.1) is 27.2 Å². The average molecular weight is 674 g/mol. The Labute approximate surface area is 276 Å². The van der Waals surface area contributed by atoms with Gasteiger partial charge in [0.1, 0.15) is 17.6 Å². The zero-order valence-electron chi connectivity index (χ0n) is 26.1. The number of aromatic amines is 1. The summed E-state index contributed by atoms with van der Waals surface area (Å²) in [5.74, 6) is -5.98. The van der Waals surface area contributed by atoms with Crippen LogP contribution in [0.1, 0.15) is 52.5 Å². The smallest absolute Gasteiger partial charge is 0.270 e. The lowest BCUT2D eigenvalue weighted by Gasteiger charge is -2.34. The van der Waals surface area contributed by atoms with E-state index >= 15 is 0 Å². The number of rotatable bonds is 7. The molecule has 3 aromatic carbocycles. The van der Waals surface area contributed by atoms with Gasteiger partial charge < -0.3 is 20.1 Å². The first-order chi connectivity index (χ1) is 22.9. The van der Waals surface area contributed by atoms with E-state index in [9.17, 15) is 32.3 Å². The van der Waals surface area contributed by atoms with Gasteiger partial charge in [-0.1, -0.05) is 44.2 Å². The third-order valence-corrected chi connectivity index (χ3v) is 10.4. The van der Waals surface area contributed by atoms with Gasteiger partial charge in [-0.05, 0) is 48.6 Å². The molecule has 2 N–H and O–H groups in total. The van der Waals surface area contributed by atoms with E-state index in [1.165, 1.54) is 23.3 Å². The molecule has 1 spiro atoms. The summed E-state index contributed by atoms with van der Waals surface area (Å²) < 4.78 is 43.7. The van der Waals surface area contributed by atoms with E-state index in [0.29, 0.717) is 22.8 Å². The third kappa shape index (κ3) is 4.95. The third-order valence-electron chi connectivity index (χ3n) is 9.33. The van der Waals surface area contributed by atoms with Crippen LogP contribution in [0.3, 0.4) is 0 Å². The van der Waals surface area contributed by atoms with Crippen LogP contribution < -0.4 is 5.32 Å². The Kier molecular flexibility index (Phi) is 7.61. The molecule has 13 heteroatoms. The minimum absolute atomic E-state index is 0.00847. The van der Waals surface area contributed by atoms with Gasteiger partial charge in [0.25, 0.3) is 5.91 Å². The Hall–Kier alpha value is -5.04. The number of nitrogens with one attached hydrogen (secondary N) is 2. The number of likely N-dealkylation sites (N-methyl/N-ethyl adjacent to an activating group) is 1. The van der Waals surface area contributed by atoms with Crippen molar-refractivity contribution in [3.63, 3.8) is 0 Å². The summed E-state index contributed by atoms with van der Waals surface area (Å²) in [6.07, 6.45) is 0.182. The van der Waals surface area contributed by atoms with E-state index < -0.39 is 58.1 Å². The fourth-order valence-corrected chi connectivity index (χ4v) is 7.88. The molecule has 2 aromatic heterocycles. The van der Waals surface area contributed by atoms with Crippen LogP contribution in [0.25, 0.3) is 21.1 Å². The van der Waals surface area contributed by atoms with E-state index in [1.807, 2.05) is 32.0 Å². The summed E-state index contributed by atoms with van der Waals surface area (Å²) in [7, 11) is 1.39. The van der Waals surface area contributed by atoms with Gasteiger partial charge in [0.2, 0.25) is 17.6 Å². The number of thiazole rings is 1. The molecule has 48 heavy (non-hydrogen) atoms.